The molecule has 0 aliphatic carbocycles. The number of rotatable bonds is 7. The van der Waals surface area contributed by atoms with Crippen LogP contribution in [0, 0.1) is 5.41 Å². The maximum absolute atomic E-state index is 8.52. The van der Waals surface area contributed by atoms with Gasteiger partial charge in [0.25, 0.3) is 0 Å². The molecule has 1 rings (SSSR count). The third-order valence-corrected chi connectivity index (χ3v) is 3.81. The standard InChI is InChI=1S/C16H26N2/c1-5-7-13-15(17)16(6-2,18(3)4)14-11-9-8-10-12-14/h8-12,17H,5-7,13H2,1-4H3. The van der Waals surface area contributed by atoms with Gasteiger partial charge in [0.05, 0.1) is 5.54 Å². The lowest BCUT2D eigenvalue weighted by Crippen LogP contribution is -2.47. The number of hydrogen-bond donors (Lipinski definition) is 1. The minimum Gasteiger partial charge on any atom is -0.307 e. The van der Waals surface area contributed by atoms with Crippen LogP contribution in [-0.4, -0.2) is 24.7 Å². The van der Waals surface area contributed by atoms with Crippen LogP contribution in [0.25, 0.3) is 0 Å². The van der Waals surface area contributed by atoms with Gasteiger partial charge in [-0.15, -0.1) is 0 Å². The van der Waals surface area contributed by atoms with E-state index in [4.69, 9.17) is 5.41 Å². The topological polar surface area (TPSA) is 27.1 Å². The smallest absolute Gasteiger partial charge is 0.0834 e. The van der Waals surface area contributed by atoms with Gasteiger partial charge in [-0.3, -0.25) is 4.90 Å². The molecule has 1 unspecified atom stereocenters. The molecule has 2 heteroatoms. The second kappa shape index (κ2) is 6.69. The third-order valence-electron chi connectivity index (χ3n) is 3.81. The van der Waals surface area contributed by atoms with Crippen molar-refractivity contribution in [1.82, 2.24) is 4.90 Å². The van der Waals surface area contributed by atoms with Crippen molar-refractivity contribution in [3.05, 3.63) is 35.9 Å². The average molecular weight is 246 g/mol. The van der Waals surface area contributed by atoms with Gasteiger partial charge in [-0.25, -0.2) is 0 Å². The van der Waals surface area contributed by atoms with Gasteiger partial charge < -0.3 is 5.41 Å². The maximum Gasteiger partial charge on any atom is 0.0834 e. The van der Waals surface area contributed by atoms with Crippen molar-refractivity contribution in [1.29, 1.82) is 5.41 Å². The first kappa shape index (κ1) is 14.9. The predicted octanol–water partition coefficient (Wildman–Crippen LogP) is 4.06. The Morgan fingerprint density at radius 1 is 1.17 bits per heavy atom. The number of benzene rings is 1. The molecule has 0 fully saturated rings. The van der Waals surface area contributed by atoms with E-state index < -0.39 is 0 Å². The van der Waals surface area contributed by atoms with Gasteiger partial charge >= 0.3 is 0 Å². The van der Waals surface area contributed by atoms with Crippen LogP contribution in [0.15, 0.2) is 30.3 Å². The molecule has 1 N–H and O–H groups in total. The molecule has 0 saturated carbocycles. The van der Waals surface area contributed by atoms with Gasteiger partial charge in [-0.05, 0) is 38.9 Å². The molecule has 0 amide bonds. The number of nitrogens with zero attached hydrogens (tertiary/aromatic N) is 1. The van der Waals surface area contributed by atoms with Crippen molar-refractivity contribution >= 4 is 5.71 Å². The first-order valence-corrected chi connectivity index (χ1v) is 6.90. The van der Waals surface area contributed by atoms with E-state index in [9.17, 15) is 0 Å². The highest BCUT2D eigenvalue weighted by atomic mass is 15.2. The van der Waals surface area contributed by atoms with E-state index in [2.05, 4.69) is 57.1 Å². The van der Waals surface area contributed by atoms with Crippen LogP contribution in [-0.2, 0) is 5.54 Å². The Morgan fingerprint density at radius 3 is 2.22 bits per heavy atom. The summed E-state index contributed by atoms with van der Waals surface area (Å²) in [6.45, 7) is 4.35. The van der Waals surface area contributed by atoms with Gasteiger partial charge in [-0.1, -0.05) is 50.6 Å². The van der Waals surface area contributed by atoms with Crippen LogP contribution in [0.1, 0.15) is 45.1 Å². The lowest BCUT2D eigenvalue weighted by Gasteiger charge is -2.40. The number of unbranched alkanes of at least 4 members (excludes halogenated alkanes) is 1. The Morgan fingerprint density at radius 2 is 1.78 bits per heavy atom. The Bertz CT molecular complexity index is 370. The molecular weight excluding hydrogens is 220 g/mol. The molecule has 0 aromatic heterocycles. The minimum absolute atomic E-state index is 0.240. The molecular formula is C16H26N2. The fourth-order valence-corrected chi connectivity index (χ4v) is 2.71. The van der Waals surface area contributed by atoms with Crippen LogP contribution < -0.4 is 0 Å². The summed E-state index contributed by atoms with van der Waals surface area (Å²) in [6.07, 6.45) is 4.07. The summed E-state index contributed by atoms with van der Waals surface area (Å²) >= 11 is 0. The summed E-state index contributed by atoms with van der Waals surface area (Å²) in [7, 11) is 4.16. The first-order valence-electron chi connectivity index (χ1n) is 6.90. The monoisotopic (exact) mass is 246 g/mol. The highest BCUT2D eigenvalue weighted by Crippen LogP contribution is 2.33. The largest absolute Gasteiger partial charge is 0.307 e. The summed E-state index contributed by atoms with van der Waals surface area (Å²) in [6, 6.07) is 10.5. The van der Waals surface area contributed by atoms with Crippen molar-refractivity contribution in [2.45, 2.75) is 45.1 Å². The molecule has 2 nitrogen and oxygen atoms in total. The predicted molar refractivity (Wildman–Crippen MR) is 79.3 cm³/mol. The second-order valence-corrected chi connectivity index (χ2v) is 5.06. The highest BCUT2D eigenvalue weighted by molar-refractivity contribution is 5.92. The van der Waals surface area contributed by atoms with E-state index in [-0.39, 0.29) is 5.54 Å². The number of hydrogen-bond acceptors (Lipinski definition) is 2. The van der Waals surface area contributed by atoms with E-state index in [1.807, 2.05) is 6.07 Å². The third kappa shape index (κ3) is 2.81. The van der Waals surface area contributed by atoms with Crippen molar-refractivity contribution in [3.8, 4) is 0 Å². The zero-order valence-corrected chi connectivity index (χ0v) is 12.2. The SMILES string of the molecule is CCCCC(=N)C(CC)(c1ccccc1)N(C)C. The Labute approximate surface area is 112 Å². The summed E-state index contributed by atoms with van der Waals surface area (Å²) in [4.78, 5) is 2.19. The molecule has 1 atom stereocenters. The van der Waals surface area contributed by atoms with E-state index in [1.165, 1.54) is 5.56 Å². The summed E-state index contributed by atoms with van der Waals surface area (Å²) in [5.74, 6) is 0. The molecule has 0 aliphatic heterocycles. The second-order valence-electron chi connectivity index (χ2n) is 5.06. The molecule has 100 valence electrons. The summed E-state index contributed by atoms with van der Waals surface area (Å²) in [5.41, 5.74) is 1.83. The quantitative estimate of drug-likeness (QED) is 0.722. The molecule has 1 aromatic rings. The number of nitrogens with one attached hydrogen (secondary N) is 1. The average Bonchev–Trinajstić information content (AvgIpc) is 2.38. The van der Waals surface area contributed by atoms with Crippen LogP contribution >= 0.6 is 0 Å². The highest BCUT2D eigenvalue weighted by Gasteiger charge is 2.36. The van der Waals surface area contributed by atoms with E-state index in [1.54, 1.807) is 0 Å². The fraction of sp³-hybridized carbons (Fsp3) is 0.562. The van der Waals surface area contributed by atoms with Crippen molar-refractivity contribution in [3.63, 3.8) is 0 Å². The Hall–Kier alpha value is -1.15. The van der Waals surface area contributed by atoms with Gasteiger partial charge in [-0.2, -0.15) is 0 Å². The first-order chi connectivity index (χ1) is 8.59. The van der Waals surface area contributed by atoms with Crippen LogP contribution in [0.3, 0.4) is 0 Å². The van der Waals surface area contributed by atoms with Crippen LogP contribution in [0.4, 0.5) is 0 Å². The van der Waals surface area contributed by atoms with Crippen molar-refractivity contribution < 1.29 is 0 Å². The van der Waals surface area contributed by atoms with E-state index in [0.717, 1.165) is 31.4 Å². The van der Waals surface area contributed by atoms with E-state index in [0.29, 0.717) is 0 Å². The molecule has 0 radical (unpaired) electrons. The fourth-order valence-electron chi connectivity index (χ4n) is 2.71. The van der Waals surface area contributed by atoms with Crippen molar-refractivity contribution in [2.24, 2.45) is 0 Å². The van der Waals surface area contributed by atoms with Crippen LogP contribution in [0.5, 0.6) is 0 Å². The van der Waals surface area contributed by atoms with Gasteiger partial charge in [0, 0.05) is 5.71 Å². The summed E-state index contributed by atoms with van der Waals surface area (Å²) < 4.78 is 0. The van der Waals surface area contributed by atoms with Crippen molar-refractivity contribution in [2.75, 3.05) is 14.1 Å². The normalized spacial score (nSPS) is 14.5. The molecule has 18 heavy (non-hydrogen) atoms. The van der Waals surface area contributed by atoms with E-state index >= 15 is 0 Å². The Kier molecular flexibility index (Phi) is 5.54. The maximum atomic E-state index is 8.52. The summed E-state index contributed by atoms with van der Waals surface area (Å²) in [5, 5.41) is 8.52. The Balaban J connectivity index is 3.14. The molecule has 0 bridgehead atoms. The lowest BCUT2D eigenvalue weighted by atomic mass is 9.79. The molecule has 0 spiro atoms. The van der Waals surface area contributed by atoms with Gasteiger partial charge in [0.15, 0.2) is 0 Å². The zero-order valence-electron chi connectivity index (χ0n) is 12.2. The molecule has 1 aromatic carbocycles. The van der Waals surface area contributed by atoms with Gasteiger partial charge in [0.1, 0.15) is 0 Å². The zero-order chi connectivity index (χ0) is 13.6. The molecule has 0 aliphatic rings. The van der Waals surface area contributed by atoms with Gasteiger partial charge in [0.2, 0.25) is 0 Å². The van der Waals surface area contributed by atoms with Crippen LogP contribution in [0.2, 0.25) is 0 Å². The molecule has 0 heterocycles. The molecule has 0 saturated heterocycles. The minimum atomic E-state index is -0.240. The lowest BCUT2D eigenvalue weighted by molar-refractivity contribution is 0.220.